The van der Waals surface area contributed by atoms with Crippen molar-refractivity contribution >= 4 is 11.0 Å². The van der Waals surface area contributed by atoms with Crippen molar-refractivity contribution in [1.82, 2.24) is 0 Å². The predicted octanol–water partition coefficient (Wildman–Crippen LogP) is 2.94. The molecule has 0 spiro atoms. The van der Waals surface area contributed by atoms with Crippen molar-refractivity contribution in [2.75, 3.05) is 13.2 Å². The molecule has 0 saturated carbocycles. The smallest absolute Gasteiger partial charge is 0.193 e. The highest BCUT2D eigenvalue weighted by molar-refractivity contribution is 5.80. The molecule has 1 aliphatic rings. The highest BCUT2D eigenvalue weighted by Gasteiger charge is 2.14. The van der Waals surface area contributed by atoms with Gasteiger partial charge >= 0.3 is 0 Å². The van der Waals surface area contributed by atoms with Gasteiger partial charge in [-0.2, -0.15) is 0 Å². The Labute approximate surface area is 125 Å². The van der Waals surface area contributed by atoms with E-state index in [0.29, 0.717) is 47.0 Å². The van der Waals surface area contributed by atoms with E-state index in [9.17, 15) is 9.90 Å². The lowest BCUT2D eigenvalue weighted by Gasteiger charge is -2.18. The number of ether oxygens (including phenoxy) is 2. The highest BCUT2D eigenvalue weighted by atomic mass is 16.6. The van der Waals surface area contributed by atoms with E-state index in [4.69, 9.17) is 13.9 Å². The van der Waals surface area contributed by atoms with Crippen molar-refractivity contribution in [1.29, 1.82) is 0 Å². The van der Waals surface area contributed by atoms with Crippen molar-refractivity contribution in [3.63, 3.8) is 0 Å². The van der Waals surface area contributed by atoms with Gasteiger partial charge < -0.3 is 19.0 Å². The molecule has 2 aromatic carbocycles. The summed E-state index contributed by atoms with van der Waals surface area (Å²) in [5.41, 5.74) is 0.898. The predicted molar refractivity (Wildman–Crippen MR) is 80.6 cm³/mol. The molecule has 3 aromatic rings. The molecule has 5 heteroatoms. The molecular weight excluding hydrogens is 284 g/mol. The van der Waals surface area contributed by atoms with Crippen LogP contribution in [0.4, 0.5) is 0 Å². The number of phenolic OH excluding ortho intramolecular Hbond substituents is 1. The topological polar surface area (TPSA) is 68.9 Å². The molecule has 110 valence electrons. The Morgan fingerprint density at radius 3 is 2.59 bits per heavy atom. The SMILES string of the molecule is O=c1cc(-c2ccc3c(c2)OCCO3)oc2cc(O)ccc12. The zero-order valence-corrected chi connectivity index (χ0v) is 11.5. The molecule has 0 unspecified atom stereocenters. The number of hydrogen-bond acceptors (Lipinski definition) is 5. The van der Waals surface area contributed by atoms with Crippen LogP contribution in [0.25, 0.3) is 22.3 Å². The molecule has 0 aliphatic carbocycles. The molecule has 1 aromatic heterocycles. The average molecular weight is 296 g/mol. The van der Waals surface area contributed by atoms with Crippen LogP contribution in [0.15, 0.2) is 51.7 Å². The van der Waals surface area contributed by atoms with Gasteiger partial charge in [0.1, 0.15) is 30.3 Å². The first-order valence-electron chi connectivity index (χ1n) is 6.87. The number of aromatic hydroxyl groups is 1. The van der Waals surface area contributed by atoms with Crippen LogP contribution in [-0.2, 0) is 0 Å². The van der Waals surface area contributed by atoms with E-state index < -0.39 is 0 Å². The summed E-state index contributed by atoms with van der Waals surface area (Å²) in [5, 5.41) is 9.97. The van der Waals surface area contributed by atoms with E-state index in [1.165, 1.54) is 18.2 Å². The molecular formula is C17H12O5. The summed E-state index contributed by atoms with van der Waals surface area (Å²) in [7, 11) is 0. The van der Waals surface area contributed by atoms with E-state index >= 15 is 0 Å². The maximum Gasteiger partial charge on any atom is 0.193 e. The molecule has 0 radical (unpaired) electrons. The number of benzene rings is 2. The summed E-state index contributed by atoms with van der Waals surface area (Å²) < 4.78 is 16.8. The molecule has 1 aliphatic heterocycles. The first kappa shape index (κ1) is 12.8. The van der Waals surface area contributed by atoms with Crippen LogP contribution in [-0.4, -0.2) is 18.3 Å². The van der Waals surface area contributed by atoms with Gasteiger partial charge in [0, 0.05) is 17.7 Å². The maximum atomic E-state index is 12.2. The summed E-state index contributed by atoms with van der Waals surface area (Å²) in [6, 6.07) is 11.2. The van der Waals surface area contributed by atoms with Crippen molar-refractivity contribution in [3.05, 3.63) is 52.7 Å². The Morgan fingerprint density at radius 2 is 1.73 bits per heavy atom. The Bertz CT molecular complexity index is 926. The molecule has 5 nitrogen and oxygen atoms in total. The highest BCUT2D eigenvalue weighted by Crippen LogP contribution is 2.35. The molecule has 22 heavy (non-hydrogen) atoms. The molecule has 0 saturated heterocycles. The minimum absolute atomic E-state index is 0.0509. The standard InChI is InChI=1S/C17H12O5/c18-11-2-3-12-13(19)9-15(22-16(12)8-11)10-1-4-14-17(7-10)21-6-5-20-14/h1-4,7-9,18H,5-6H2. The van der Waals surface area contributed by atoms with Gasteiger partial charge in [-0.05, 0) is 30.3 Å². The lowest BCUT2D eigenvalue weighted by Crippen LogP contribution is -2.15. The van der Waals surface area contributed by atoms with E-state index in [0.717, 1.165) is 0 Å². The third-order valence-corrected chi connectivity index (χ3v) is 3.54. The zero-order valence-electron chi connectivity index (χ0n) is 11.5. The molecule has 0 bridgehead atoms. The fourth-order valence-corrected chi connectivity index (χ4v) is 2.48. The number of phenols is 1. The van der Waals surface area contributed by atoms with Crippen LogP contribution in [0.1, 0.15) is 0 Å². The third-order valence-electron chi connectivity index (χ3n) is 3.54. The molecule has 2 heterocycles. The average Bonchev–Trinajstić information content (AvgIpc) is 2.54. The summed E-state index contributed by atoms with van der Waals surface area (Å²) in [4.78, 5) is 12.2. The van der Waals surface area contributed by atoms with Crippen LogP contribution in [0.5, 0.6) is 17.2 Å². The normalized spacial score (nSPS) is 13.3. The minimum Gasteiger partial charge on any atom is -0.508 e. The largest absolute Gasteiger partial charge is 0.508 e. The fraction of sp³-hybridized carbons (Fsp3) is 0.118. The Balaban J connectivity index is 1.89. The van der Waals surface area contributed by atoms with Gasteiger partial charge in [0.05, 0.1) is 5.39 Å². The maximum absolute atomic E-state index is 12.2. The van der Waals surface area contributed by atoms with Crippen LogP contribution in [0.2, 0.25) is 0 Å². The van der Waals surface area contributed by atoms with Gasteiger partial charge in [0.25, 0.3) is 0 Å². The van der Waals surface area contributed by atoms with E-state index in [-0.39, 0.29) is 11.2 Å². The molecule has 1 N–H and O–H groups in total. The second kappa shape index (κ2) is 4.80. The third kappa shape index (κ3) is 2.07. The molecule has 0 fully saturated rings. The Kier molecular flexibility index (Phi) is 2.79. The van der Waals surface area contributed by atoms with Crippen LogP contribution >= 0.6 is 0 Å². The monoisotopic (exact) mass is 296 g/mol. The van der Waals surface area contributed by atoms with E-state index in [1.54, 1.807) is 24.3 Å². The first-order valence-corrected chi connectivity index (χ1v) is 6.87. The molecule has 4 rings (SSSR count). The van der Waals surface area contributed by atoms with Crippen molar-refractivity contribution in [2.24, 2.45) is 0 Å². The van der Waals surface area contributed by atoms with Gasteiger partial charge in [0.15, 0.2) is 16.9 Å². The van der Waals surface area contributed by atoms with Gasteiger partial charge in [-0.15, -0.1) is 0 Å². The lowest BCUT2D eigenvalue weighted by molar-refractivity contribution is 0.171. The van der Waals surface area contributed by atoms with Crippen LogP contribution in [0.3, 0.4) is 0 Å². The van der Waals surface area contributed by atoms with Crippen LogP contribution in [0, 0.1) is 0 Å². The summed E-state index contributed by atoms with van der Waals surface area (Å²) in [6.45, 7) is 1.02. The first-order chi connectivity index (χ1) is 10.7. The fourth-order valence-electron chi connectivity index (χ4n) is 2.48. The van der Waals surface area contributed by atoms with E-state index in [1.807, 2.05) is 0 Å². The lowest BCUT2D eigenvalue weighted by atomic mass is 10.1. The quantitative estimate of drug-likeness (QED) is 0.747. The van der Waals surface area contributed by atoms with Gasteiger partial charge in [0.2, 0.25) is 0 Å². The Morgan fingerprint density at radius 1 is 0.909 bits per heavy atom. The number of rotatable bonds is 1. The summed E-state index contributed by atoms with van der Waals surface area (Å²) in [6.07, 6.45) is 0. The number of fused-ring (bicyclic) bond motifs is 2. The second-order valence-corrected chi connectivity index (χ2v) is 5.01. The van der Waals surface area contributed by atoms with Gasteiger partial charge in [-0.3, -0.25) is 4.79 Å². The second-order valence-electron chi connectivity index (χ2n) is 5.01. The Hall–Kier alpha value is -2.95. The van der Waals surface area contributed by atoms with Crippen molar-refractivity contribution in [3.8, 4) is 28.6 Å². The van der Waals surface area contributed by atoms with Crippen molar-refractivity contribution < 1.29 is 19.0 Å². The van der Waals surface area contributed by atoms with E-state index in [2.05, 4.69) is 0 Å². The molecule has 0 atom stereocenters. The van der Waals surface area contributed by atoms with Crippen LogP contribution < -0.4 is 14.9 Å². The van der Waals surface area contributed by atoms with Crippen molar-refractivity contribution in [2.45, 2.75) is 0 Å². The van der Waals surface area contributed by atoms with Gasteiger partial charge in [-0.1, -0.05) is 0 Å². The zero-order chi connectivity index (χ0) is 15.1. The molecule has 0 amide bonds. The number of hydrogen-bond donors (Lipinski definition) is 1. The summed E-state index contributed by atoms with van der Waals surface area (Å²) >= 11 is 0. The minimum atomic E-state index is -0.161. The summed E-state index contributed by atoms with van der Waals surface area (Å²) in [5.74, 6) is 1.77. The van der Waals surface area contributed by atoms with Gasteiger partial charge in [-0.25, -0.2) is 0 Å².